The van der Waals surface area contributed by atoms with Crippen LogP contribution >= 0.6 is 0 Å². The van der Waals surface area contributed by atoms with Gasteiger partial charge in [-0.15, -0.1) is 0 Å². The second-order valence-corrected chi connectivity index (χ2v) is 3.47. The molecule has 0 saturated heterocycles. The number of nitrogens with two attached hydrogens (primary N) is 1. The summed E-state index contributed by atoms with van der Waals surface area (Å²) < 4.78 is 12.5. The molecule has 2 unspecified atom stereocenters. The fourth-order valence-corrected chi connectivity index (χ4v) is 1.27. The minimum absolute atomic E-state index is 0.194. The number of hydrogen-bond acceptors (Lipinski definition) is 1. The zero-order valence-electron chi connectivity index (χ0n) is 7.28. The van der Waals surface area contributed by atoms with Gasteiger partial charge in [-0.3, -0.25) is 0 Å². The molecule has 2 atom stereocenters. The lowest BCUT2D eigenvalue weighted by Crippen LogP contribution is -1.99. The molecule has 13 heavy (non-hydrogen) atoms. The second kappa shape index (κ2) is 3.30. The van der Waals surface area contributed by atoms with E-state index in [-0.39, 0.29) is 5.82 Å². The molecule has 1 nitrogen and oxygen atoms in total. The lowest BCUT2D eigenvalue weighted by atomic mass is 10.2. The molecule has 68 valence electrons. The average molecular weight is 177 g/mol. The van der Waals surface area contributed by atoms with Crippen molar-refractivity contribution in [2.45, 2.75) is 12.5 Å². The Hall–Kier alpha value is -1.15. The molecule has 0 radical (unpaired) electrons. The Morgan fingerprint density at radius 1 is 1.31 bits per heavy atom. The van der Waals surface area contributed by atoms with Crippen molar-refractivity contribution >= 4 is 6.08 Å². The van der Waals surface area contributed by atoms with Crippen LogP contribution in [0.4, 0.5) is 4.39 Å². The summed E-state index contributed by atoms with van der Waals surface area (Å²) in [6.45, 7) is 0. The van der Waals surface area contributed by atoms with Crippen LogP contribution in [0.5, 0.6) is 0 Å². The normalized spacial score (nSPS) is 26.6. The average Bonchev–Trinajstić information content (AvgIpc) is 2.81. The van der Waals surface area contributed by atoms with Gasteiger partial charge in [0.05, 0.1) is 0 Å². The third-order valence-electron chi connectivity index (χ3n) is 2.30. The topological polar surface area (TPSA) is 26.0 Å². The van der Waals surface area contributed by atoms with Gasteiger partial charge in [-0.2, -0.15) is 0 Å². The zero-order valence-corrected chi connectivity index (χ0v) is 7.28. The van der Waals surface area contributed by atoms with Crippen LogP contribution in [-0.4, -0.2) is 6.04 Å². The third-order valence-corrected chi connectivity index (χ3v) is 2.30. The van der Waals surface area contributed by atoms with Crippen LogP contribution in [0.2, 0.25) is 0 Å². The first-order chi connectivity index (χ1) is 6.25. The molecule has 0 aromatic heterocycles. The van der Waals surface area contributed by atoms with Crippen LogP contribution in [0.15, 0.2) is 30.3 Å². The molecule has 2 heteroatoms. The molecule has 1 fully saturated rings. The first kappa shape index (κ1) is 8.45. The summed E-state index contributed by atoms with van der Waals surface area (Å²) in [6, 6.07) is 6.80. The smallest absolute Gasteiger partial charge is 0.123 e. The van der Waals surface area contributed by atoms with E-state index >= 15 is 0 Å². The lowest BCUT2D eigenvalue weighted by molar-refractivity contribution is 0.628. The Morgan fingerprint density at radius 2 is 1.92 bits per heavy atom. The van der Waals surface area contributed by atoms with Gasteiger partial charge in [-0.1, -0.05) is 24.3 Å². The highest BCUT2D eigenvalue weighted by Crippen LogP contribution is 2.29. The van der Waals surface area contributed by atoms with Gasteiger partial charge in [0.15, 0.2) is 0 Å². The maximum Gasteiger partial charge on any atom is 0.123 e. The molecule has 1 aromatic rings. The van der Waals surface area contributed by atoms with E-state index in [4.69, 9.17) is 5.73 Å². The van der Waals surface area contributed by atoms with Gasteiger partial charge >= 0.3 is 0 Å². The minimum Gasteiger partial charge on any atom is -0.327 e. The maximum atomic E-state index is 12.5. The lowest BCUT2D eigenvalue weighted by Gasteiger charge is -1.92. The van der Waals surface area contributed by atoms with Crippen LogP contribution in [-0.2, 0) is 0 Å². The van der Waals surface area contributed by atoms with Crippen molar-refractivity contribution in [2.24, 2.45) is 11.7 Å². The van der Waals surface area contributed by atoms with E-state index in [2.05, 4.69) is 6.08 Å². The van der Waals surface area contributed by atoms with E-state index in [0.29, 0.717) is 12.0 Å². The first-order valence-electron chi connectivity index (χ1n) is 4.45. The van der Waals surface area contributed by atoms with Crippen LogP contribution < -0.4 is 5.73 Å². The summed E-state index contributed by atoms with van der Waals surface area (Å²) in [5.74, 6) is 0.338. The molecule has 0 spiro atoms. The van der Waals surface area contributed by atoms with Crippen molar-refractivity contribution in [3.63, 3.8) is 0 Å². The van der Waals surface area contributed by atoms with E-state index in [1.54, 1.807) is 12.1 Å². The van der Waals surface area contributed by atoms with Crippen molar-refractivity contribution in [3.05, 3.63) is 41.7 Å². The standard InChI is InChI=1S/C11H12FN/c12-10-5-2-8(3-6-10)1-4-9-7-11(9)13/h1-6,9,11H,7,13H2/b4-1+. The molecule has 1 aliphatic rings. The summed E-state index contributed by atoms with van der Waals surface area (Å²) in [7, 11) is 0. The number of benzene rings is 1. The van der Waals surface area contributed by atoms with Crippen molar-refractivity contribution in [3.8, 4) is 0 Å². The fraction of sp³-hybridized carbons (Fsp3) is 0.273. The van der Waals surface area contributed by atoms with Gasteiger partial charge < -0.3 is 5.73 Å². The highest BCUT2D eigenvalue weighted by molar-refractivity contribution is 5.50. The van der Waals surface area contributed by atoms with E-state index in [9.17, 15) is 4.39 Å². The van der Waals surface area contributed by atoms with Gasteiger partial charge in [-0.05, 0) is 30.0 Å². The number of hydrogen-bond donors (Lipinski definition) is 1. The molecule has 0 heterocycles. The number of rotatable bonds is 2. The predicted octanol–water partition coefficient (Wildman–Crippen LogP) is 2.19. The van der Waals surface area contributed by atoms with Gasteiger partial charge in [-0.25, -0.2) is 4.39 Å². The van der Waals surface area contributed by atoms with Crippen LogP contribution in [0.1, 0.15) is 12.0 Å². The van der Waals surface area contributed by atoms with Gasteiger partial charge in [0.1, 0.15) is 5.82 Å². The summed E-state index contributed by atoms with van der Waals surface area (Å²) in [5, 5.41) is 0. The van der Waals surface area contributed by atoms with E-state index < -0.39 is 0 Å². The summed E-state index contributed by atoms with van der Waals surface area (Å²) in [4.78, 5) is 0. The quantitative estimate of drug-likeness (QED) is 0.736. The Morgan fingerprint density at radius 3 is 2.46 bits per heavy atom. The van der Waals surface area contributed by atoms with Crippen LogP contribution in [0.25, 0.3) is 6.08 Å². The summed E-state index contributed by atoms with van der Waals surface area (Å²) in [5.41, 5.74) is 6.67. The fourth-order valence-electron chi connectivity index (χ4n) is 1.27. The van der Waals surface area contributed by atoms with Crippen LogP contribution in [0.3, 0.4) is 0 Å². The molecule has 0 aliphatic heterocycles. The second-order valence-electron chi connectivity index (χ2n) is 3.47. The molecule has 1 saturated carbocycles. The van der Waals surface area contributed by atoms with Crippen LogP contribution in [0, 0.1) is 11.7 Å². The summed E-state index contributed by atoms with van der Waals surface area (Å²) >= 11 is 0. The van der Waals surface area contributed by atoms with Crippen molar-refractivity contribution in [1.82, 2.24) is 0 Å². The Labute approximate surface area is 77.1 Å². The molecule has 0 amide bonds. The monoisotopic (exact) mass is 177 g/mol. The van der Waals surface area contributed by atoms with E-state index in [1.807, 2.05) is 6.08 Å². The highest BCUT2D eigenvalue weighted by atomic mass is 19.1. The Kier molecular flexibility index (Phi) is 2.15. The summed E-state index contributed by atoms with van der Waals surface area (Å²) in [6.07, 6.45) is 5.17. The molecule has 1 aromatic carbocycles. The van der Waals surface area contributed by atoms with Crippen molar-refractivity contribution in [2.75, 3.05) is 0 Å². The van der Waals surface area contributed by atoms with Crippen molar-refractivity contribution < 1.29 is 4.39 Å². The maximum absolute atomic E-state index is 12.5. The largest absolute Gasteiger partial charge is 0.327 e. The molecular formula is C11H12FN. The van der Waals surface area contributed by atoms with E-state index in [0.717, 1.165) is 12.0 Å². The predicted molar refractivity (Wildman–Crippen MR) is 51.5 cm³/mol. The SMILES string of the molecule is NC1CC1/C=C/c1ccc(F)cc1. The van der Waals surface area contributed by atoms with Crippen molar-refractivity contribution in [1.29, 1.82) is 0 Å². The van der Waals surface area contributed by atoms with Gasteiger partial charge in [0.2, 0.25) is 0 Å². The number of halogens is 1. The van der Waals surface area contributed by atoms with E-state index in [1.165, 1.54) is 12.1 Å². The Balaban J connectivity index is 2.01. The molecular weight excluding hydrogens is 165 g/mol. The van der Waals surface area contributed by atoms with Gasteiger partial charge in [0, 0.05) is 6.04 Å². The first-order valence-corrected chi connectivity index (χ1v) is 4.45. The Bertz CT molecular complexity index is 315. The molecule has 2 N–H and O–H groups in total. The molecule has 0 bridgehead atoms. The minimum atomic E-state index is -0.194. The zero-order chi connectivity index (χ0) is 9.26. The van der Waals surface area contributed by atoms with Gasteiger partial charge in [0.25, 0.3) is 0 Å². The third kappa shape index (κ3) is 2.16. The highest BCUT2D eigenvalue weighted by Gasteiger charge is 2.30. The molecule has 1 aliphatic carbocycles. The molecule has 2 rings (SSSR count).